The third-order valence-corrected chi connectivity index (χ3v) is 6.02. The van der Waals surface area contributed by atoms with E-state index in [-0.39, 0.29) is 5.91 Å². The minimum absolute atomic E-state index is 0.0105. The van der Waals surface area contributed by atoms with Crippen LogP contribution in [0.5, 0.6) is 0 Å². The number of nitrogens with zero attached hydrogens (tertiary/aromatic N) is 4. The van der Waals surface area contributed by atoms with E-state index in [0.717, 1.165) is 16.5 Å². The van der Waals surface area contributed by atoms with E-state index in [2.05, 4.69) is 16.8 Å². The number of rotatable bonds is 9. The number of hydrogen-bond acceptors (Lipinski definition) is 7. The molecule has 0 spiro atoms. The van der Waals surface area contributed by atoms with Gasteiger partial charge in [0.05, 0.1) is 23.5 Å². The second kappa shape index (κ2) is 10.3. The molecule has 0 atom stereocenters. The first kappa shape index (κ1) is 21.2. The number of carbonyl (C=O) groups is 2. The number of thioether (sulfide) groups is 2. The third-order valence-electron chi connectivity index (χ3n) is 4.05. The first-order valence-corrected chi connectivity index (χ1v) is 11.1. The molecule has 1 saturated heterocycles. The normalized spacial score (nSPS) is 15.1. The van der Waals surface area contributed by atoms with Gasteiger partial charge in [0.15, 0.2) is 11.0 Å². The number of carbonyl (C=O) groups excluding carboxylic acids is 2. The van der Waals surface area contributed by atoms with Gasteiger partial charge in [0.25, 0.3) is 0 Å². The summed E-state index contributed by atoms with van der Waals surface area (Å²) in [5.74, 6) is 1.30. The zero-order valence-electron chi connectivity index (χ0n) is 16.1. The van der Waals surface area contributed by atoms with Gasteiger partial charge in [-0.15, -0.1) is 16.8 Å². The van der Waals surface area contributed by atoms with Crippen molar-refractivity contribution >= 4 is 35.4 Å². The van der Waals surface area contributed by atoms with E-state index in [0.29, 0.717) is 36.2 Å². The molecule has 1 fully saturated rings. The molecule has 29 heavy (non-hydrogen) atoms. The minimum atomic E-state index is -0.430. The lowest BCUT2D eigenvalue weighted by Crippen LogP contribution is -2.27. The Morgan fingerprint density at radius 2 is 2.14 bits per heavy atom. The quantitative estimate of drug-likeness (QED) is 0.262. The van der Waals surface area contributed by atoms with Gasteiger partial charge in [-0.3, -0.25) is 9.36 Å². The molecule has 2 heterocycles. The summed E-state index contributed by atoms with van der Waals surface area (Å²) >= 11 is 2.87. The molecule has 1 aliphatic heterocycles. The van der Waals surface area contributed by atoms with Gasteiger partial charge in [0.1, 0.15) is 0 Å². The molecule has 0 radical (unpaired) electrons. The maximum Gasteiger partial charge on any atom is 0.333 e. The predicted octanol–water partition coefficient (Wildman–Crippen LogP) is 3.20. The number of allylic oxidation sites excluding steroid dienone is 1. The van der Waals surface area contributed by atoms with Gasteiger partial charge in [0, 0.05) is 24.4 Å². The van der Waals surface area contributed by atoms with E-state index in [1.54, 1.807) is 17.9 Å². The number of amides is 1. The first-order valence-electron chi connectivity index (χ1n) is 9.18. The summed E-state index contributed by atoms with van der Waals surface area (Å²) in [5.41, 5.74) is 0.986. The SMILES string of the molecule is C=CCn1c(SCCN2C(=O)CS/C2=C\C(=O)OCC)nnc1-c1ccccc1. The Labute approximate surface area is 178 Å². The first-order chi connectivity index (χ1) is 14.1. The average molecular weight is 431 g/mol. The van der Waals surface area contributed by atoms with Crippen molar-refractivity contribution in [1.29, 1.82) is 0 Å². The van der Waals surface area contributed by atoms with Gasteiger partial charge in [-0.25, -0.2) is 4.79 Å². The van der Waals surface area contributed by atoms with E-state index >= 15 is 0 Å². The highest BCUT2D eigenvalue weighted by atomic mass is 32.2. The summed E-state index contributed by atoms with van der Waals surface area (Å²) in [4.78, 5) is 25.5. The molecule has 0 saturated carbocycles. The van der Waals surface area contributed by atoms with Gasteiger partial charge >= 0.3 is 5.97 Å². The lowest BCUT2D eigenvalue weighted by molar-refractivity contribution is -0.137. The Balaban J connectivity index is 1.68. The molecule has 1 aliphatic rings. The number of hydrogen-bond donors (Lipinski definition) is 0. The van der Waals surface area contributed by atoms with Gasteiger partial charge in [-0.2, -0.15) is 0 Å². The van der Waals surface area contributed by atoms with Crippen molar-refractivity contribution in [2.75, 3.05) is 24.7 Å². The standard InChI is InChI=1S/C20H22N4O3S2/c1-3-10-24-19(15-8-6-5-7-9-15)21-22-20(24)28-12-11-23-16(25)14-29-17(23)13-18(26)27-4-2/h3,5-9,13H,1,4,10-12,14H2,2H3/b17-13-. The Kier molecular flexibility index (Phi) is 7.54. The van der Waals surface area contributed by atoms with Crippen molar-refractivity contribution in [3.63, 3.8) is 0 Å². The zero-order valence-corrected chi connectivity index (χ0v) is 17.7. The maximum absolute atomic E-state index is 12.2. The van der Waals surface area contributed by atoms with Gasteiger partial charge in [-0.05, 0) is 6.92 Å². The molecule has 1 aromatic heterocycles. The molecule has 3 rings (SSSR count). The van der Waals surface area contributed by atoms with Crippen LogP contribution in [0.25, 0.3) is 11.4 Å². The summed E-state index contributed by atoms with van der Waals surface area (Å²) in [6.07, 6.45) is 3.19. The molecule has 0 aliphatic carbocycles. The van der Waals surface area contributed by atoms with Crippen LogP contribution in [0.15, 0.2) is 59.2 Å². The molecule has 0 N–H and O–H groups in total. The van der Waals surface area contributed by atoms with Crippen molar-refractivity contribution < 1.29 is 14.3 Å². The van der Waals surface area contributed by atoms with E-state index in [4.69, 9.17) is 4.74 Å². The molecule has 1 amide bonds. The molecular weight excluding hydrogens is 408 g/mol. The van der Waals surface area contributed by atoms with Crippen LogP contribution in [0, 0.1) is 0 Å². The van der Waals surface area contributed by atoms with Gasteiger partial charge in [0.2, 0.25) is 5.91 Å². The fourth-order valence-corrected chi connectivity index (χ4v) is 4.60. The monoisotopic (exact) mass is 430 g/mol. The predicted molar refractivity (Wildman–Crippen MR) is 115 cm³/mol. The van der Waals surface area contributed by atoms with Crippen molar-refractivity contribution in [1.82, 2.24) is 19.7 Å². The van der Waals surface area contributed by atoms with E-state index in [1.165, 1.54) is 29.6 Å². The number of benzene rings is 1. The fourth-order valence-electron chi connectivity index (χ4n) is 2.77. The Hall–Kier alpha value is -2.52. The van der Waals surface area contributed by atoms with Crippen LogP contribution in [0.1, 0.15) is 6.92 Å². The van der Waals surface area contributed by atoms with Crippen LogP contribution in [0.2, 0.25) is 0 Å². The van der Waals surface area contributed by atoms with Crippen LogP contribution in [-0.4, -0.2) is 56.2 Å². The molecule has 2 aromatic rings. The molecular formula is C20H22N4O3S2. The van der Waals surface area contributed by atoms with Crippen LogP contribution in [0.4, 0.5) is 0 Å². The summed E-state index contributed by atoms with van der Waals surface area (Å²) in [6, 6.07) is 9.86. The molecule has 9 heteroatoms. The topological polar surface area (TPSA) is 77.3 Å². The summed E-state index contributed by atoms with van der Waals surface area (Å²) in [7, 11) is 0. The Morgan fingerprint density at radius 3 is 2.86 bits per heavy atom. The van der Waals surface area contributed by atoms with Gasteiger partial charge < -0.3 is 9.64 Å². The van der Waals surface area contributed by atoms with E-state index in [9.17, 15) is 9.59 Å². The highest BCUT2D eigenvalue weighted by Crippen LogP contribution is 2.30. The molecule has 0 bridgehead atoms. The largest absolute Gasteiger partial charge is 0.463 e. The highest BCUT2D eigenvalue weighted by Gasteiger charge is 2.27. The maximum atomic E-state index is 12.2. The average Bonchev–Trinajstić information content (AvgIpc) is 3.27. The Bertz CT molecular complexity index is 912. The lowest BCUT2D eigenvalue weighted by atomic mass is 10.2. The van der Waals surface area contributed by atoms with Crippen LogP contribution in [-0.2, 0) is 20.9 Å². The van der Waals surface area contributed by atoms with E-state index in [1.807, 2.05) is 34.9 Å². The molecule has 152 valence electrons. The van der Waals surface area contributed by atoms with Crippen LogP contribution >= 0.6 is 23.5 Å². The third kappa shape index (κ3) is 5.30. The number of ether oxygens (including phenoxy) is 1. The molecule has 0 unspecified atom stereocenters. The molecule has 1 aromatic carbocycles. The highest BCUT2D eigenvalue weighted by molar-refractivity contribution is 8.04. The Morgan fingerprint density at radius 1 is 1.34 bits per heavy atom. The number of aromatic nitrogens is 3. The molecule has 7 nitrogen and oxygen atoms in total. The van der Waals surface area contributed by atoms with Crippen molar-refractivity contribution in [2.24, 2.45) is 0 Å². The van der Waals surface area contributed by atoms with Crippen molar-refractivity contribution in [3.05, 3.63) is 54.1 Å². The minimum Gasteiger partial charge on any atom is -0.463 e. The summed E-state index contributed by atoms with van der Waals surface area (Å²) in [5, 5.41) is 10.0. The van der Waals surface area contributed by atoms with Crippen LogP contribution in [0.3, 0.4) is 0 Å². The second-order valence-corrected chi connectivity index (χ2v) is 8.05. The second-order valence-electron chi connectivity index (χ2n) is 5.99. The van der Waals surface area contributed by atoms with Crippen molar-refractivity contribution in [3.8, 4) is 11.4 Å². The van der Waals surface area contributed by atoms with Crippen LogP contribution < -0.4 is 0 Å². The summed E-state index contributed by atoms with van der Waals surface area (Å²) in [6.45, 7) is 6.95. The fraction of sp³-hybridized carbons (Fsp3) is 0.300. The van der Waals surface area contributed by atoms with Gasteiger partial charge in [-0.1, -0.05) is 59.9 Å². The van der Waals surface area contributed by atoms with E-state index < -0.39 is 5.97 Å². The lowest BCUT2D eigenvalue weighted by Gasteiger charge is -2.16. The van der Waals surface area contributed by atoms with Crippen molar-refractivity contribution in [2.45, 2.75) is 18.6 Å². The number of esters is 1. The zero-order chi connectivity index (χ0) is 20.6. The smallest absolute Gasteiger partial charge is 0.333 e. The summed E-state index contributed by atoms with van der Waals surface area (Å²) < 4.78 is 6.95.